The summed E-state index contributed by atoms with van der Waals surface area (Å²) in [4.78, 5) is 25.6. The average Bonchev–Trinajstić information content (AvgIpc) is 3.19. The lowest BCUT2D eigenvalue weighted by molar-refractivity contribution is -0.141. The van der Waals surface area contributed by atoms with Crippen molar-refractivity contribution in [2.45, 2.75) is 5.41 Å². The first kappa shape index (κ1) is 20.9. The highest BCUT2D eigenvalue weighted by atomic mass is 35.5. The van der Waals surface area contributed by atoms with E-state index in [-0.39, 0.29) is 12.3 Å². The van der Waals surface area contributed by atoms with Gasteiger partial charge >= 0.3 is 12.0 Å². The molecule has 0 aliphatic carbocycles. The number of hydrazone groups is 1. The molecule has 0 radical (unpaired) electrons. The van der Waals surface area contributed by atoms with Gasteiger partial charge in [0.05, 0.1) is 12.3 Å². The predicted octanol–water partition coefficient (Wildman–Crippen LogP) is 5.27. The van der Waals surface area contributed by atoms with Crippen LogP contribution in [0.3, 0.4) is 0 Å². The van der Waals surface area contributed by atoms with Crippen LogP contribution in [0.25, 0.3) is 0 Å². The quantitative estimate of drug-likeness (QED) is 0.564. The van der Waals surface area contributed by atoms with Crippen molar-refractivity contribution in [3.63, 3.8) is 0 Å². The van der Waals surface area contributed by atoms with E-state index in [0.29, 0.717) is 26.9 Å². The highest BCUT2D eigenvalue weighted by molar-refractivity contribution is 6.31. The van der Waals surface area contributed by atoms with Crippen LogP contribution in [0.2, 0.25) is 10.0 Å². The summed E-state index contributed by atoms with van der Waals surface area (Å²) in [5, 5.41) is 19.7. The number of carbonyl (C=O) groups is 2. The SMILES string of the molecule is O=C(Nc1ccc(Cl)cc1)N1CC(C(=O)O)(c2ccccc2)C(c2ccc(Cl)cc2)=N1. The Labute approximate surface area is 188 Å². The van der Waals surface area contributed by atoms with Gasteiger partial charge in [-0.1, -0.05) is 65.7 Å². The lowest BCUT2D eigenvalue weighted by Gasteiger charge is -2.27. The zero-order valence-corrected chi connectivity index (χ0v) is 17.6. The molecule has 1 atom stereocenters. The number of urea groups is 1. The monoisotopic (exact) mass is 453 g/mol. The first-order valence-corrected chi connectivity index (χ1v) is 10.1. The molecule has 1 aliphatic heterocycles. The predicted molar refractivity (Wildman–Crippen MR) is 121 cm³/mol. The van der Waals surface area contributed by atoms with Crippen LogP contribution < -0.4 is 5.32 Å². The van der Waals surface area contributed by atoms with Gasteiger partial charge in [0.15, 0.2) is 5.41 Å². The van der Waals surface area contributed by atoms with Gasteiger partial charge in [-0.15, -0.1) is 0 Å². The first-order chi connectivity index (χ1) is 14.9. The minimum absolute atomic E-state index is 0.163. The van der Waals surface area contributed by atoms with Crippen molar-refractivity contribution < 1.29 is 14.7 Å². The van der Waals surface area contributed by atoms with Crippen molar-refractivity contribution in [3.8, 4) is 0 Å². The molecule has 1 heterocycles. The normalized spacial score (nSPS) is 17.9. The second kappa shape index (κ2) is 8.41. The van der Waals surface area contributed by atoms with Crippen LogP contribution in [0.1, 0.15) is 11.1 Å². The number of carboxylic acids is 1. The van der Waals surface area contributed by atoms with E-state index in [1.54, 1.807) is 78.9 Å². The van der Waals surface area contributed by atoms with E-state index < -0.39 is 17.4 Å². The Balaban J connectivity index is 1.77. The smallest absolute Gasteiger partial charge is 0.342 e. The van der Waals surface area contributed by atoms with E-state index in [1.165, 1.54) is 0 Å². The molecule has 0 bridgehead atoms. The zero-order valence-electron chi connectivity index (χ0n) is 16.1. The van der Waals surface area contributed by atoms with Crippen LogP contribution in [0.4, 0.5) is 10.5 Å². The van der Waals surface area contributed by atoms with Crippen LogP contribution in [-0.2, 0) is 10.2 Å². The molecule has 0 saturated carbocycles. The molecule has 0 fully saturated rings. The van der Waals surface area contributed by atoms with E-state index in [0.717, 1.165) is 5.01 Å². The third-order valence-electron chi connectivity index (χ3n) is 5.09. The molecule has 2 N–H and O–H groups in total. The maximum atomic E-state index is 12.9. The Hall–Kier alpha value is -3.35. The summed E-state index contributed by atoms with van der Waals surface area (Å²) in [6.45, 7) is -0.163. The molecule has 31 heavy (non-hydrogen) atoms. The van der Waals surface area contributed by atoms with E-state index >= 15 is 0 Å². The largest absolute Gasteiger partial charge is 0.480 e. The molecule has 8 heteroatoms. The average molecular weight is 454 g/mol. The van der Waals surface area contributed by atoms with Crippen molar-refractivity contribution in [3.05, 3.63) is 100 Å². The molecular weight excluding hydrogens is 437 g/mol. The lowest BCUT2D eigenvalue weighted by Crippen LogP contribution is -2.47. The van der Waals surface area contributed by atoms with Gasteiger partial charge in [-0.25, -0.2) is 9.80 Å². The van der Waals surface area contributed by atoms with Crippen LogP contribution >= 0.6 is 23.2 Å². The van der Waals surface area contributed by atoms with Gasteiger partial charge in [0, 0.05) is 15.7 Å². The maximum absolute atomic E-state index is 12.9. The molecule has 1 unspecified atom stereocenters. The molecule has 2 amide bonds. The van der Waals surface area contributed by atoms with Crippen molar-refractivity contribution in [2.75, 3.05) is 11.9 Å². The number of rotatable bonds is 4. The number of carboxylic acid groups (broad SMARTS) is 1. The van der Waals surface area contributed by atoms with Gasteiger partial charge < -0.3 is 10.4 Å². The summed E-state index contributed by atoms with van der Waals surface area (Å²) in [5.74, 6) is -1.10. The number of aliphatic carboxylic acids is 1. The number of anilines is 1. The number of carbonyl (C=O) groups excluding carboxylic acids is 1. The van der Waals surface area contributed by atoms with Gasteiger partial charge in [-0.3, -0.25) is 4.79 Å². The Morgan fingerprint density at radius 3 is 2.06 bits per heavy atom. The summed E-state index contributed by atoms with van der Waals surface area (Å²) in [7, 11) is 0. The van der Waals surface area contributed by atoms with Gasteiger partial charge in [0.25, 0.3) is 0 Å². The van der Waals surface area contributed by atoms with Crippen LogP contribution in [0.5, 0.6) is 0 Å². The Morgan fingerprint density at radius 1 is 0.903 bits per heavy atom. The molecule has 3 aromatic rings. The fourth-order valence-electron chi connectivity index (χ4n) is 3.53. The second-order valence-electron chi connectivity index (χ2n) is 7.03. The van der Waals surface area contributed by atoms with Crippen molar-refractivity contribution in [1.29, 1.82) is 0 Å². The van der Waals surface area contributed by atoms with Crippen LogP contribution in [-0.4, -0.2) is 34.4 Å². The molecule has 0 aromatic heterocycles. The molecule has 1 aliphatic rings. The van der Waals surface area contributed by atoms with Gasteiger partial charge in [-0.05, 0) is 47.5 Å². The fraction of sp³-hybridized carbons (Fsp3) is 0.0870. The highest BCUT2D eigenvalue weighted by Crippen LogP contribution is 2.36. The van der Waals surface area contributed by atoms with Crippen molar-refractivity contribution in [2.24, 2.45) is 5.10 Å². The molecule has 0 saturated heterocycles. The molecule has 6 nitrogen and oxygen atoms in total. The number of benzene rings is 3. The van der Waals surface area contributed by atoms with Crippen LogP contribution in [0.15, 0.2) is 84.0 Å². The number of hydrogen-bond donors (Lipinski definition) is 2. The highest BCUT2D eigenvalue weighted by Gasteiger charge is 2.52. The number of amides is 2. The third kappa shape index (κ3) is 4.00. The van der Waals surface area contributed by atoms with Crippen molar-refractivity contribution in [1.82, 2.24) is 5.01 Å². The van der Waals surface area contributed by atoms with Gasteiger partial charge in [0.1, 0.15) is 0 Å². The summed E-state index contributed by atoms with van der Waals surface area (Å²) < 4.78 is 0. The van der Waals surface area contributed by atoms with E-state index in [9.17, 15) is 14.7 Å². The summed E-state index contributed by atoms with van der Waals surface area (Å²) in [5.41, 5.74) is 0.335. The summed E-state index contributed by atoms with van der Waals surface area (Å²) in [6, 6.07) is 21.5. The lowest BCUT2D eigenvalue weighted by atomic mass is 9.74. The number of hydrogen-bond acceptors (Lipinski definition) is 3. The summed E-state index contributed by atoms with van der Waals surface area (Å²) in [6.07, 6.45) is 0. The van der Waals surface area contributed by atoms with E-state index in [4.69, 9.17) is 23.2 Å². The number of nitrogens with one attached hydrogen (secondary N) is 1. The van der Waals surface area contributed by atoms with E-state index in [2.05, 4.69) is 10.4 Å². The molecule has 0 spiro atoms. The number of halogens is 2. The van der Waals surface area contributed by atoms with Crippen LogP contribution in [0, 0.1) is 0 Å². The minimum atomic E-state index is -1.54. The minimum Gasteiger partial charge on any atom is -0.480 e. The Morgan fingerprint density at radius 2 is 1.48 bits per heavy atom. The standard InChI is InChI=1S/C23H17Cl2N3O3/c24-17-8-6-15(7-9-17)20-23(21(29)30,16-4-2-1-3-5-16)14-28(27-20)22(31)26-19-12-10-18(25)11-13-19/h1-13H,14H2,(H,26,31)(H,29,30). The Kier molecular flexibility index (Phi) is 5.67. The maximum Gasteiger partial charge on any atom is 0.342 e. The topological polar surface area (TPSA) is 82.0 Å². The third-order valence-corrected chi connectivity index (χ3v) is 5.60. The van der Waals surface area contributed by atoms with Gasteiger partial charge in [0.2, 0.25) is 0 Å². The second-order valence-corrected chi connectivity index (χ2v) is 7.90. The summed E-state index contributed by atoms with van der Waals surface area (Å²) >= 11 is 11.9. The Bertz CT molecular complexity index is 1150. The molecule has 4 rings (SSSR count). The zero-order chi connectivity index (χ0) is 22.0. The van der Waals surface area contributed by atoms with E-state index in [1.807, 2.05) is 0 Å². The molecule has 156 valence electrons. The number of nitrogens with zero attached hydrogens (tertiary/aromatic N) is 2. The van der Waals surface area contributed by atoms with Gasteiger partial charge in [-0.2, -0.15) is 5.10 Å². The molecule has 3 aromatic carbocycles. The molecular formula is C23H17Cl2N3O3. The first-order valence-electron chi connectivity index (χ1n) is 9.38. The van der Waals surface area contributed by atoms with Crippen molar-refractivity contribution >= 4 is 46.6 Å². The fourth-order valence-corrected chi connectivity index (χ4v) is 3.79.